The Morgan fingerprint density at radius 3 is 1.46 bits per heavy atom. The molecule has 0 unspecified atom stereocenters. The topological polar surface area (TPSA) is 25.8 Å². The number of benzene rings is 8. The van der Waals surface area contributed by atoms with Crippen LogP contribution < -0.4 is 0 Å². The molecule has 10 rings (SSSR count). The van der Waals surface area contributed by atoms with Crippen LogP contribution in [0.5, 0.6) is 0 Å². The van der Waals surface area contributed by atoms with Crippen LogP contribution >= 0.6 is 0 Å². The largest absolute Gasteiger partial charge is 0.248 e. The lowest BCUT2D eigenvalue weighted by molar-refractivity contribution is 1.32. The zero-order valence-corrected chi connectivity index (χ0v) is 29.5. The van der Waals surface area contributed by atoms with Crippen LogP contribution in [-0.4, -0.2) is 9.97 Å². The molecule has 252 valence electrons. The van der Waals surface area contributed by atoms with Crippen molar-refractivity contribution in [1.29, 1.82) is 0 Å². The molecule has 2 heteroatoms. The number of fused-ring (bicyclic) bond motifs is 3. The number of rotatable bonds is 6. The third-order valence-corrected chi connectivity index (χ3v) is 10.4. The highest BCUT2D eigenvalue weighted by Crippen LogP contribution is 2.38. The van der Waals surface area contributed by atoms with Crippen LogP contribution in [-0.2, 0) is 0 Å². The van der Waals surface area contributed by atoms with Crippen molar-refractivity contribution in [3.05, 3.63) is 206 Å². The van der Waals surface area contributed by atoms with Crippen molar-refractivity contribution in [2.75, 3.05) is 0 Å². The van der Waals surface area contributed by atoms with Crippen molar-refractivity contribution >= 4 is 32.4 Å². The van der Waals surface area contributed by atoms with Crippen molar-refractivity contribution in [3.8, 4) is 67.2 Å². The van der Waals surface area contributed by atoms with Crippen LogP contribution in [0.15, 0.2) is 206 Å². The highest BCUT2D eigenvalue weighted by atomic mass is 14.7. The van der Waals surface area contributed by atoms with E-state index in [0.29, 0.717) is 0 Å². The summed E-state index contributed by atoms with van der Waals surface area (Å²) in [5.74, 6) is 0. The Morgan fingerprint density at radius 2 is 0.741 bits per heavy atom. The second-order valence-corrected chi connectivity index (χ2v) is 13.9. The summed E-state index contributed by atoms with van der Waals surface area (Å²) in [7, 11) is 0. The van der Waals surface area contributed by atoms with Gasteiger partial charge in [0.2, 0.25) is 0 Å². The maximum Gasteiger partial charge on any atom is 0.0716 e. The summed E-state index contributed by atoms with van der Waals surface area (Å²) in [6.45, 7) is 0. The quantitative estimate of drug-likeness (QED) is 0.174. The summed E-state index contributed by atoms with van der Waals surface area (Å²) in [6.07, 6.45) is 0. The van der Waals surface area contributed by atoms with Gasteiger partial charge in [0, 0.05) is 22.1 Å². The van der Waals surface area contributed by atoms with Gasteiger partial charge in [-0.3, -0.25) is 0 Å². The van der Waals surface area contributed by atoms with Crippen LogP contribution in [0.4, 0.5) is 0 Å². The van der Waals surface area contributed by atoms with Gasteiger partial charge in [-0.2, -0.15) is 0 Å². The molecule has 0 radical (unpaired) electrons. The average Bonchev–Trinajstić information content (AvgIpc) is 3.26. The molecule has 2 aromatic heterocycles. The fourth-order valence-corrected chi connectivity index (χ4v) is 7.59. The van der Waals surface area contributed by atoms with E-state index < -0.39 is 0 Å². The molecular formula is C52H34N2. The third kappa shape index (κ3) is 6.00. The van der Waals surface area contributed by atoms with E-state index in [4.69, 9.17) is 9.97 Å². The minimum Gasteiger partial charge on any atom is -0.248 e. The second kappa shape index (κ2) is 13.4. The van der Waals surface area contributed by atoms with E-state index in [1.165, 1.54) is 27.1 Å². The van der Waals surface area contributed by atoms with Crippen molar-refractivity contribution in [2.24, 2.45) is 0 Å². The highest BCUT2D eigenvalue weighted by Gasteiger charge is 2.15. The predicted molar refractivity (Wildman–Crippen MR) is 227 cm³/mol. The van der Waals surface area contributed by atoms with Gasteiger partial charge in [-0.15, -0.1) is 0 Å². The minimum atomic E-state index is 0.932. The van der Waals surface area contributed by atoms with Gasteiger partial charge < -0.3 is 0 Å². The number of hydrogen-bond donors (Lipinski definition) is 0. The molecule has 0 aliphatic carbocycles. The van der Waals surface area contributed by atoms with Crippen molar-refractivity contribution in [1.82, 2.24) is 9.97 Å². The number of hydrogen-bond acceptors (Lipinski definition) is 2. The zero-order chi connectivity index (χ0) is 35.8. The second-order valence-electron chi connectivity index (χ2n) is 13.9. The number of pyridine rings is 2. The van der Waals surface area contributed by atoms with E-state index >= 15 is 0 Å². The molecule has 0 atom stereocenters. The molecule has 0 saturated carbocycles. The molecule has 0 saturated heterocycles. The molecule has 10 aromatic rings. The van der Waals surface area contributed by atoms with E-state index in [0.717, 1.165) is 72.5 Å². The molecule has 8 aromatic carbocycles. The first-order valence-electron chi connectivity index (χ1n) is 18.4. The maximum absolute atomic E-state index is 5.28. The molecule has 0 aliphatic heterocycles. The van der Waals surface area contributed by atoms with Gasteiger partial charge in [-0.25, -0.2) is 9.97 Å². The Kier molecular flexibility index (Phi) is 7.85. The minimum absolute atomic E-state index is 0.932. The van der Waals surface area contributed by atoms with Crippen molar-refractivity contribution < 1.29 is 0 Å². The number of nitrogens with zero attached hydrogens (tertiary/aromatic N) is 2. The molecule has 0 bridgehead atoms. The lowest BCUT2D eigenvalue weighted by Gasteiger charge is -2.14. The SMILES string of the molecule is c1ccc(-c2cc(-c3ccccc3)nc(-c3cccc(-c4cc(-c5ccc6ccccc6c5)nc5ccc(-c6ccc7ccccc7c6)cc45)c3)c2)cc1. The van der Waals surface area contributed by atoms with Gasteiger partial charge in [0.1, 0.15) is 0 Å². The van der Waals surface area contributed by atoms with Crippen molar-refractivity contribution in [2.45, 2.75) is 0 Å². The van der Waals surface area contributed by atoms with Crippen LogP contribution in [0.3, 0.4) is 0 Å². The van der Waals surface area contributed by atoms with Crippen molar-refractivity contribution in [3.63, 3.8) is 0 Å². The molecule has 0 spiro atoms. The lowest BCUT2D eigenvalue weighted by Crippen LogP contribution is -1.93. The predicted octanol–water partition coefficient (Wildman–Crippen LogP) is 13.9. The first-order valence-corrected chi connectivity index (χ1v) is 18.4. The first kappa shape index (κ1) is 31.6. The van der Waals surface area contributed by atoms with Gasteiger partial charge in [-0.1, -0.05) is 158 Å². The maximum atomic E-state index is 5.28. The number of aromatic nitrogens is 2. The van der Waals surface area contributed by atoms with E-state index in [1.54, 1.807) is 0 Å². The fourth-order valence-electron chi connectivity index (χ4n) is 7.59. The summed E-state index contributed by atoms with van der Waals surface area (Å²) in [4.78, 5) is 10.5. The first-order chi connectivity index (χ1) is 26.7. The lowest BCUT2D eigenvalue weighted by atomic mass is 9.93. The summed E-state index contributed by atoms with van der Waals surface area (Å²) in [6, 6.07) is 73.5. The highest BCUT2D eigenvalue weighted by molar-refractivity contribution is 6.01. The molecule has 2 heterocycles. The van der Waals surface area contributed by atoms with Gasteiger partial charge in [0.05, 0.1) is 22.6 Å². The summed E-state index contributed by atoms with van der Waals surface area (Å²) >= 11 is 0. The fraction of sp³-hybridized carbons (Fsp3) is 0. The molecular weight excluding hydrogens is 653 g/mol. The van der Waals surface area contributed by atoms with Crippen LogP contribution in [0, 0.1) is 0 Å². The molecule has 0 aliphatic rings. The van der Waals surface area contributed by atoms with E-state index in [9.17, 15) is 0 Å². The standard InChI is InChI=1S/C52H34N2/c1-3-12-35(13-4-1)46-32-50(38-16-5-2-6-17-38)54-51(33-46)44-21-11-20-43(30-44)47-34-52(45-25-23-37-15-8-10-19-40(37)29-45)53-49-27-26-42(31-48(47)49)41-24-22-36-14-7-9-18-39(36)28-41/h1-34H. The average molecular weight is 687 g/mol. The Hall–Kier alpha value is -7.16. The van der Waals surface area contributed by atoms with Gasteiger partial charge in [0.25, 0.3) is 0 Å². The van der Waals surface area contributed by atoms with E-state index in [-0.39, 0.29) is 0 Å². The Labute approximate surface area is 314 Å². The van der Waals surface area contributed by atoms with Gasteiger partial charge >= 0.3 is 0 Å². The summed E-state index contributed by atoms with van der Waals surface area (Å²) in [5, 5.41) is 5.99. The van der Waals surface area contributed by atoms with Gasteiger partial charge in [-0.05, 0) is 103 Å². The zero-order valence-electron chi connectivity index (χ0n) is 29.5. The Bertz CT molecular complexity index is 2930. The molecule has 0 amide bonds. The van der Waals surface area contributed by atoms with Crippen LogP contribution in [0.1, 0.15) is 0 Å². The Morgan fingerprint density at radius 1 is 0.241 bits per heavy atom. The molecule has 2 nitrogen and oxygen atoms in total. The smallest absolute Gasteiger partial charge is 0.0716 e. The van der Waals surface area contributed by atoms with E-state index in [1.807, 2.05) is 6.07 Å². The molecule has 54 heavy (non-hydrogen) atoms. The molecule has 0 N–H and O–H groups in total. The Balaban J connectivity index is 1.16. The third-order valence-electron chi connectivity index (χ3n) is 10.4. The normalized spacial score (nSPS) is 11.3. The van der Waals surface area contributed by atoms with E-state index in [2.05, 4.69) is 200 Å². The monoisotopic (exact) mass is 686 g/mol. The van der Waals surface area contributed by atoms with Crippen LogP contribution in [0.25, 0.3) is 99.6 Å². The van der Waals surface area contributed by atoms with Crippen LogP contribution in [0.2, 0.25) is 0 Å². The van der Waals surface area contributed by atoms with Gasteiger partial charge in [0.15, 0.2) is 0 Å². The summed E-state index contributed by atoms with van der Waals surface area (Å²) in [5.41, 5.74) is 13.9. The molecule has 0 fully saturated rings. The summed E-state index contributed by atoms with van der Waals surface area (Å²) < 4.78 is 0.